The molecular formula is C13H16N2O3S2. The summed E-state index contributed by atoms with van der Waals surface area (Å²) in [7, 11) is -3.21. The van der Waals surface area contributed by atoms with Crippen LogP contribution >= 0.6 is 11.3 Å². The summed E-state index contributed by atoms with van der Waals surface area (Å²) < 4.78 is 25.6. The predicted octanol–water partition coefficient (Wildman–Crippen LogP) is 2.35. The zero-order chi connectivity index (χ0) is 14.6. The Hall–Kier alpha value is -1.44. The number of rotatable bonds is 6. The highest BCUT2D eigenvalue weighted by atomic mass is 32.2. The Morgan fingerprint density at radius 1 is 1.30 bits per heavy atom. The second-order valence-electron chi connectivity index (χ2n) is 4.31. The number of hydrogen-bond acceptors (Lipinski definition) is 5. The Labute approximate surface area is 122 Å². The molecular weight excluding hydrogens is 296 g/mol. The molecule has 1 aromatic heterocycles. The van der Waals surface area contributed by atoms with Gasteiger partial charge in [-0.3, -0.25) is 0 Å². The number of phenols is 1. The molecule has 0 aliphatic heterocycles. The van der Waals surface area contributed by atoms with E-state index in [2.05, 4.69) is 9.71 Å². The smallest absolute Gasteiger partial charge is 0.211 e. The highest BCUT2D eigenvalue weighted by Gasteiger charge is 2.10. The van der Waals surface area contributed by atoms with E-state index in [9.17, 15) is 13.5 Å². The topological polar surface area (TPSA) is 79.3 Å². The van der Waals surface area contributed by atoms with Gasteiger partial charge in [0.15, 0.2) is 0 Å². The molecule has 2 N–H and O–H groups in total. The number of nitrogens with one attached hydrogen (secondary N) is 1. The average Bonchev–Trinajstić information content (AvgIpc) is 2.86. The predicted molar refractivity (Wildman–Crippen MR) is 80.1 cm³/mol. The fraction of sp³-hybridized carbons (Fsp3) is 0.308. The van der Waals surface area contributed by atoms with Crippen LogP contribution in [0.4, 0.5) is 0 Å². The average molecular weight is 312 g/mol. The Kier molecular flexibility index (Phi) is 4.74. The van der Waals surface area contributed by atoms with Gasteiger partial charge in [-0.2, -0.15) is 0 Å². The van der Waals surface area contributed by atoms with Crippen LogP contribution in [0.3, 0.4) is 0 Å². The van der Waals surface area contributed by atoms with Crippen LogP contribution in [0.25, 0.3) is 11.3 Å². The van der Waals surface area contributed by atoms with Crippen molar-refractivity contribution in [1.29, 1.82) is 0 Å². The molecule has 0 aliphatic carbocycles. The molecule has 1 aromatic carbocycles. The van der Waals surface area contributed by atoms with Crippen LogP contribution in [0, 0.1) is 0 Å². The number of benzene rings is 1. The molecule has 20 heavy (non-hydrogen) atoms. The summed E-state index contributed by atoms with van der Waals surface area (Å²) in [6.07, 6.45) is 0.589. The number of hydrogen-bond donors (Lipinski definition) is 2. The lowest BCUT2D eigenvalue weighted by Gasteiger charge is -2.02. The van der Waals surface area contributed by atoms with Crippen molar-refractivity contribution in [2.24, 2.45) is 0 Å². The van der Waals surface area contributed by atoms with Crippen molar-refractivity contribution in [2.45, 2.75) is 19.9 Å². The molecule has 0 saturated heterocycles. The van der Waals surface area contributed by atoms with Gasteiger partial charge in [-0.05, 0) is 30.7 Å². The maximum absolute atomic E-state index is 11.6. The number of sulfonamides is 1. The molecule has 0 bridgehead atoms. The van der Waals surface area contributed by atoms with Crippen LogP contribution in [-0.2, 0) is 16.6 Å². The zero-order valence-electron chi connectivity index (χ0n) is 11.0. The molecule has 0 unspecified atom stereocenters. The first kappa shape index (κ1) is 15.0. The van der Waals surface area contributed by atoms with Crippen LogP contribution in [0.1, 0.15) is 18.4 Å². The van der Waals surface area contributed by atoms with E-state index in [1.807, 2.05) is 12.3 Å². The van der Waals surface area contributed by atoms with Crippen LogP contribution in [0.2, 0.25) is 0 Å². The maximum atomic E-state index is 11.6. The molecule has 0 atom stereocenters. The largest absolute Gasteiger partial charge is 0.508 e. The van der Waals surface area contributed by atoms with Crippen molar-refractivity contribution in [3.8, 4) is 17.0 Å². The normalized spacial score (nSPS) is 11.7. The fourth-order valence-corrected chi connectivity index (χ4v) is 3.54. The quantitative estimate of drug-likeness (QED) is 0.858. The lowest BCUT2D eigenvalue weighted by molar-refractivity contribution is 0.475. The summed E-state index contributed by atoms with van der Waals surface area (Å²) in [5.41, 5.74) is 1.67. The number of nitrogens with zero attached hydrogens (tertiary/aromatic N) is 1. The molecule has 0 aliphatic rings. The molecule has 5 nitrogen and oxygen atoms in total. The van der Waals surface area contributed by atoms with Crippen LogP contribution in [-0.4, -0.2) is 24.3 Å². The monoisotopic (exact) mass is 312 g/mol. The van der Waals surface area contributed by atoms with Crippen LogP contribution in [0.15, 0.2) is 29.6 Å². The van der Waals surface area contributed by atoms with Gasteiger partial charge >= 0.3 is 0 Å². The third-order valence-corrected chi connectivity index (χ3v) is 5.01. The summed E-state index contributed by atoms with van der Waals surface area (Å²) >= 11 is 1.41. The molecule has 7 heteroatoms. The number of aromatic nitrogens is 1. The van der Waals surface area contributed by atoms with Crippen molar-refractivity contribution in [1.82, 2.24) is 9.71 Å². The zero-order valence-corrected chi connectivity index (χ0v) is 12.7. The van der Waals surface area contributed by atoms with E-state index < -0.39 is 10.0 Å². The second-order valence-corrected chi connectivity index (χ2v) is 7.18. The third-order valence-electron chi connectivity index (χ3n) is 2.63. The van der Waals surface area contributed by atoms with E-state index >= 15 is 0 Å². The summed E-state index contributed by atoms with van der Waals surface area (Å²) in [6, 6.07) is 6.74. The maximum Gasteiger partial charge on any atom is 0.211 e. The summed E-state index contributed by atoms with van der Waals surface area (Å²) in [6.45, 7) is 2.04. The van der Waals surface area contributed by atoms with Crippen molar-refractivity contribution < 1.29 is 13.5 Å². The molecule has 0 spiro atoms. The fourth-order valence-electron chi connectivity index (χ4n) is 1.67. The van der Waals surface area contributed by atoms with E-state index in [4.69, 9.17) is 0 Å². The molecule has 0 saturated carbocycles. The Bertz CT molecular complexity index is 663. The van der Waals surface area contributed by atoms with Gasteiger partial charge < -0.3 is 5.11 Å². The Morgan fingerprint density at radius 2 is 2.00 bits per heavy atom. The highest BCUT2D eigenvalue weighted by Crippen LogP contribution is 2.23. The van der Waals surface area contributed by atoms with Gasteiger partial charge in [-0.25, -0.2) is 18.1 Å². The Morgan fingerprint density at radius 3 is 2.65 bits per heavy atom. The molecule has 2 rings (SSSR count). The van der Waals surface area contributed by atoms with Gasteiger partial charge in [0.2, 0.25) is 10.0 Å². The van der Waals surface area contributed by atoms with Gasteiger partial charge in [0.05, 0.1) is 18.0 Å². The van der Waals surface area contributed by atoms with Crippen LogP contribution < -0.4 is 4.72 Å². The third kappa shape index (κ3) is 4.03. The van der Waals surface area contributed by atoms with E-state index in [1.165, 1.54) is 11.3 Å². The van der Waals surface area contributed by atoms with Gasteiger partial charge in [0, 0.05) is 10.9 Å². The van der Waals surface area contributed by atoms with Crippen LogP contribution in [0.5, 0.6) is 5.75 Å². The van der Waals surface area contributed by atoms with Gasteiger partial charge in [-0.15, -0.1) is 11.3 Å². The SMILES string of the molecule is CCCS(=O)(=O)NCc1nc(-c2ccc(O)cc2)cs1. The van der Waals surface area contributed by atoms with Crippen molar-refractivity contribution >= 4 is 21.4 Å². The van der Waals surface area contributed by atoms with E-state index in [0.29, 0.717) is 11.4 Å². The van der Waals surface area contributed by atoms with Crippen molar-refractivity contribution in [2.75, 3.05) is 5.75 Å². The first-order valence-corrected chi connectivity index (χ1v) is 8.74. The molecule has 0 amide bonds. The first-order valence-electron chi connectivity index (χ1n) is 6.21. The highest BCUT2D eigenvalue weighted by molar-refractivity contribution is 7.89. The minimum Gasteiger partial charge on any atom is -0.508 e. The molecule has 0 fully saturated rings. The lowest BCUT2D eigenvalue weighted by atomic mass is 10.2. The summed E-state index contributed by atoms with van der Waals surface area (Å²) in [5.74, 6) is 0.333. The standard InChI is InChI=1S/C13H16N2O3S2/c1-2-7-20(17,18)14-8-13-15-12(9-19-13)10-3-5-11(16)6-4-10/h3-6,9,14,16H,2,7-8H2,1H3. The minimum absolute atomic E-state index is 0.128. The molecule has 108 valence electrons. The lowest BCUT2D eigenvalue weighted by Crippen LogP contribution is -2.25. The van der Waals surface area contributed by atoms with E-state index in [0.717, 1.165) is 11.3 Å². The molecule has 2 aromatic rings. The number of thiazole rings is 1. The van der Waals surface area contributed by atoms with Crippen molar-refractivity contribution in [3.63, 3.8) is 0 Å². The number of phenolic OH excluding ortho intramolecular Hbond substituents is 1. The molecule has 0 radical (unpaired) electrons. The number of aromatic hydroxyl groups is 1. The molecule has 1 heterocycles. The minimum atomic E-state index is -3.21. The summed E-state index contributed by atoms with van der Waals surface area (Å²) in [4.78, 5) is 4.38. The van der Waals surface area contributed by atoms with Crippen molar-refractivity contribution in [3.05, 3.63) is 34.7 Å². The van der Waals surface area contributed by atoms with E-state index in [1.54, 1.807) is 24.3 Å². The van der Waals surface area contributed by atoms with E-state index in [-0.39, 0.29) is 18.0 Å². The summed E-state index contributed by atoms with van der Waals surface area (Å²) in [5, 5.41) is 11.8. The van der Waals surface area contributed by atoms with Gasteiger partial charge in [0.25, 0.3) is 0 Å². The second kappa shape index (κ2) is 6.34. The first-order chi connectivity index (χ1) is 9.50. The van der Waals surface area contributed by atoms with Gasteiger partial charge in [0.1, 0.15) is 10.8 Å². The van der Waals surface area contributed by atoms with Gasteiger partial charge in [-0.1, -0.05) is 6.92 Å². The Balaban J connectivity index is 2.04.